The van der Waals surface area contributed by atoms with Gasteiger partial charge in [0.15, 0.2) is 0 Å². The van der Waals surface area contributed by atoms with Gasteiger partial charge in [0.2, 0.25) is 5.91 Å². The molecule has 0 aliphatic heterocycles. The first kappa shape index (κ1) is 17.5. The highest BCUT2D eigenvalue weighted by molar-refractivity contribution is 5.97. The molecular weight excluding hydrogens is 290 g/mol. The summed E-state index contributed by atoms with van der Waals surface area (Å²) in [6.45, 7) is 2.98. The lowest BCUT2D eigenvalue weighted by Crippen LogP contribution is -2.37. The molecule has 0 aromatic heterocycles. The fourth-order valence-electron chi connectivity index (χ4n) is 2.83. The zero-order valence-electron chi connectivity index (χ0n) is 13.9. The minimum absolute atomic E-state index is 0.0679. The number of hydrogen-bond donors (Lipinski definition) is 3. The Morgan fingerprint density at radius 2 is 1.96 bits per heavy atom. The molecular formula is C18H27N3O2. The van der Waals surface area contributed by atoms with E-state index in [1.165, 1.54) is 19.3 Å². The van der Waals surface area contributed by atoms with Gasteiger partial charge in [-0.3, -0.25) is 9.59 Å². The molecule has 1 aliphatic rings. The summed E-state index contributed by atoms with van der Waals surface area (Å²) < 4.78 is 0. The second-order valence-corrected chi connectivity index (χ2v) is 6.10. The molecule has 1 aromatic rings. The molecule has 0 heterocycles. The van der Waals surface area contributed by atoms with Gasteiger partial charge in [0.1, 0.15) is 0 Å². The predicted octanol–water partition coefficient (Wildman–Crippen LogP) is 2.69. The Labute approximate surface area is 138 Å². The van der Waals surface area contributed by atoms with Gasteiger partial charge in [-0.25, -0.2) is 0 Å². The van der Waals surface area contributed by atoms with E-state index in [9.17, 15) is 9.59 Å². The van der Waals surface area contributed by atoms with Crippen molar-refractivity contribution in [1.29, 1.82) is 0 Å². The van der Waals surface area contributed by atoms with Crippen LogP contribution in [0.1, 0.15) is 55.8 Å². The maximum absolute atomic E-state index is 12.0. The van der Waals surface area contributed by atoms with Crippen molar-refractivity contribution < 1.29 is 9.59 Å². The Bertz CT molecular complexity index is 525. The van der Waals surface area contributed by atoms with E-state index < -0.39 is 0 Å². The van der Waals surface area contributed by atoms with Gasteiger partial charge in [-0.1, -0.05) is 32.3 Å². The van der Waals surface area contributed by atoms with Crippen molar-refractivity contribution in [3.63, 3.8) is 0 Å². The minimum atomic E-state index is -0.108. The first-order chi connectivity index (χ1) is 11.2. The molecule has 5 nitrogen and oxygen atoms in total. The van der Waals surface area contributed by atoms with Crippen LogP contribution in [0, 0.1) is 0 Å². The van der Waals surface area contributed by atoms with E-state index in [4.69, 9.17) is 0 Å². The lowest BCUT2D eigenvalue weighted by atomic mass is 9.95. The largest absolute Gasteiger partial charge is 0.352 e. The molecule has 1 aliphatic carbocycles. The van der Waals surface area contributed by atoms with Crippen LogP contribution in [0.5, 0.6) is 0 Å². The van der Waals surface area contributed by atoms with E-state index in [0.717, 1.165) is 19.3 Å². The quantitative estimate of drug-likeness (QED) is 0.724. The first-order valence-electron chi connectivity index (χ1n) is 8.60. The van der Waals surface area contributed by atoms with E-state index in [1.807, 2.05) is 6.92 Å². The number of rotatable bonds is 7. The van der Waals surface area contributed by atoms with Crippen LogP contribution in [0.25, 0.3) is 0 Å². The average molecular weight is 317 g/mol. The molecule has 0 spiro atoms. The topological polar surface area (TPSA) is 70.2 Å². The summed E-state index contributed by atoms with van der Waals surface area (Å²) in [4.78, 5) is 24.0. The highest BCUT2D eigenvalue weighted by Gasteiger charge is 2.14. The molecule has 0 unspecified atom stereocenters. The van der Waals surface area contributed by atoms with Crippen LogP contribution >= 0.6 is 0 Å². The SMILES string of the molecule is CCCNC(=O)c1cccc(NC(=O)CNC2CCCCC2)c1. The molecule has 0 bridgehead atoms. The first-order valence-corrected chi connectivity index (χ1v) is 8.60. The van der Waals surface area contributed by atoms with Crippen LogP contribution in [0.4, 0.5) is 5.69 Å². The number of anilines is 1. The van der Waals surface area contributed by atoms with Crippen molar-refractivity contribution in [3.05, 3.63) is 29.8 Å². The van der Waals surface area contributed by atoms with Crippen molar-refractivity contribution >= 4 is 17.5 Å². The van der Waals surface area contributed by atoms with Crippen molar-refractivity contribution in [2.45, 2.75) is 51.5 Å². The Hall–Kier alpha value is -1.88. The lowest BCUT2D eigenvalue weighted by Gasteiger charge is -2.22. The van der Waals surface area contributed by atoms with E-state index in [-0.39, 0.29) is 11.8 Å². The monoisotopic (exact) mass is 317 g/mol. The lowest BCUT2D eigenvalue weighted by molar-refractivity contribution is -0.115. The zero-order chi connectivity index (χ0) is 16.5. The van der Waals surface area contributed by atoms with Gasteiger partial charge in [-0.15, -0.1) is 0 Å². The molecule has 23 heavy (non-hydrogen) atoms. The van der Waals surface area contributed by atoms with Gasteiger partial charge in [0, 0.05) is 23.8 Å². The van der Waals surface area contributed by atoms with Crippen LogP contribution in [-0.4, -0.2) is 30.9 Å². The molecule has 1 saturated carbocycles. The zero-order valence-corrected chi connectivity index (χ0v) is 13.9. The fraction of sp³-hybridized carbons (Fsp3) is 0.556. The van der Waals surface area contributed by atoms with Gasteiger partial charge in [-0.05, 0) is 37.5 Å². The third-order valence-corrected chi connectivity index (χ3v) is 4.10. The highest BCUT2D eigenvalue weighted by Crippen LogP contribution is 2.17. The van der Waals surface area contributed by atoms with Gasteiger partial charge < -0.3 is 16.0 Å². The maximum atomic E-state index is 12.0. The van der Waals surface area contributed by atoms with Gasteiger partial charge >= 0.3 is 0 Å². The van der Waals surface area contributed by atoms with Crippen LogP contribution < -0.4 is 16.0 Å². The third-order valence-electron chi connectivity index (χ3n) is 4.10. The van der Waals surface area contributed by atoms with E-state index >= 15 is 0 Å². The molecule has 2 rings (SSSR count). The van der Waals surface area contributed by atoms with Gasteiger partial charge in [0.25, 0.3) is 5.91 Å². The van der Waals surface area contributed by atoms with Crippen LogP contribution in [-0.2, 0) is 4.79 Å². The smallest absolute Gasteiger partial charge is 0.251 e. The van der Waals surface area contributed by atoms with Crippen molar-refractivity contribution in [1.82, 2.24) is 10.6 Å². The maximum Gasteiger partial charge on any atom is 0.251 e. The molecule has 3 N–H and O–H groups in total. The Kier molecular flexibility index (Phi) is 7.07. The van der Waals surface area contributed by atoms with E-state index in [2.05, 4.69) is 16.0 Å². The number of carbonyl (C=O) groups excluding carboxylic acids is 2. The fourth-order valence-corrected chi connectivity index (χ4v) is 2.83. The summed E-state index contributed by atoms with van der Waals surface area (Å²) in [5, 5.41) is 9.00. The summed E-state index contributed by atoms with van der Waals surface area (Å²) in [5.41, 5.74) is 1.22. The summed E-state index contributed by atoms with van der Waals surface area (Å²) >= 11 is 0. The minimum Gasteiger partial charge on any atom is -0.352 e. The normalized spacial score (nSPS) is 15.2. The van der Waals surface area contributed by atoms with Crippen LogP contribution in [0.2, 0.25) is 0 Å². The van der Waals surface area contributed by atoms with Crippen molar-refractivity contribution in [2.24, 2.45) is 0 Å². The van der Waals surface area contributed by atoms with Gasteiger partial charge in [0.05, 0.1) is 6.54 Å². The van der Waals surface area contributed by atoms with Gasteiger partial charge in [-0.2, -0.15) is 0 Å². The molecule has 0 saturated heterocycles. The van der Waals surface area contributed by atoms with Crippen molar-refractivity contribution in [2.75, 3.05) is 18.4 Å². The second-order valence-electron chi connectivity index (χ2n) is 6.10. The number of carbonyl (C=O) groups is 2. The second kappa shape index (κ2) is 9.30. The molecule has 5 heteroatoms. The average Bonchev–Trinajstić information content (AvgIpc) is 2.59. The predicted molar refractivity (Wildman–Crippen MR) is 92.6 cm³/mol. The van der Waals surface area contributed by atoms with E-state index in [1.54, 1.807) is 24.3 Å². The number of nitrogens with one attached hydrogen (secondary N) is 3. The Balaban J connectivity index is 1.81. The van der Waals surface area contributed by atoms with E-state index in [0.29, 0.717) is 30.4 Å². The molecule has 1 aromatic carbocycles. The summed E-state index contributed by atoms with van der Waals surface area (Å²) in [7, 11) is 0. The molecule has 126 valence electrons. The summed E-state index contributed by atoms with van der Waals surface area (Å²) in [6, 6.07) is 7.51. The molecule has 2 amide bonds. The third kappa shape index (κ3) is 6.02. The summed E-state index contributed by atoms with van der Waals surface area (Å²) in [6.07, 6.45) is 7.00. The standard InChI is InChI=1S/C18H27N3O2/c1-2-11-19-18(23)14-7-6-10-16(12-14)21-17(22)13-20-15-8-4-3-5-9-15/h6-7,10,12,15,20H,2-5,8-9,11,13H2,1H3,(H,19,23)(H,21,22). The Morgan fingerprint density at radius 1 is 1.17 bits per heavy atom. The van der Waals surface area contributed by atoms with Crippen LogP contribution in [0.15, 0.2) is 24.3 Å². The summed E-state index contributed by atoms with van der Waals surface area (Å²) in [5.74, 6) is -0.176. The highest BCUT2D eigenvalue weighted by atomic mass is 16.2. The Morgan fingerprint density at radius 3 is 2.70 bits per heavy atom. The molecule has 0 atom stereocenters. The van der Waals surface area contributed by atoms with Crippen LogP contribution in [0.3, 0.4) is 0 Å². The molecule has 1 fully saturated rings. The number of benzene rings is 1. The number of hydrogen-bond acceptors (Lipinski definition) is 3. The number of amides is 2. The molecule has 0 radical (unpaired) electrons. The van der Waals surface area contributed by atoms with Crippen molar-refractivity contribution in [3.8, 4) is 0 Å².